The maximum atomic E-state index is 12.5. The molecule has 0 saturated carbocycles. The molecule has 2 atom stereocenters. The molecule has 5 nitrogen and oxygen atoms in total. The van der Waals surface area contributed by atoms with E-state index in [2.05, 4.69) is 17.1 Å². The van der Waals surface area contributed by atoms with Gasteiger partial charge in [-0.05, 0) is 24.0 Å². The van der Waals surface area contributed by atoms with E-state index in [-0.39, 0.29) is 28.7 Å². The summed E-state index contributed by atoms with van der Waals surface area (Å²) in [5.74, 6) is 0.168. The smallest absolute Gasteiger partial charge is 0.248 e. The van der Waals surface area contributed by atoms with E-state index in [1.54, 1.807) is 0 Å². The van der Waals surface area contributed by atoms with E-state index in [4.69, 9.17) is 0 Å². The number of nitrogens with zero attached hydrogens (tertiary/aromatic N) is 2. The third kappa shape index (κ3) is 5.08. The second kappa shape index (κ2) is 8.71. The first-order valence-electron chi connectivity index (χ1n) is 9.83. The van der Waals surface area contributed by atoms with Crippen LogP contribution in [0, 0.1) is 0 Å². The molecule has 0 radical (unpaired) electrons. The van der Waals surface area contributed by atoms with Gasteiger partial charge in [0.15, 0.2) is 15.0 Å². The van der Waals surface area contributed by atoms with Gasteiger partial charge in [-0.25, -0.2) is 8.42 Å². The summed E-state index contributed by atoms with van der Waals surface area (Å²) in [6.07, 6.45) is 1.81. The minimum Gasteiger partial charge on any atom is -0.346 e. The number of carbonyl (C=O) groups excluding carboxylic acids is 1. The minimum absolute atomic E-state index is 0.0311. The van der Waals surface area contributed by atoms with Crippen molar-refractivity contribution in [1.82, 2.24) is 4.90 Å². The van der Waals surface area contributed by atoms with Crippen molar-refractivity contribution in [2.45, 2.75) is 30.6 Å². The number of aryl methyl sites for hydroxylation is 1. The van der Waals surface area contributed by atoms with Crippen LogP contribution in [0.4, 0.5) is 0 Å². The molecule has 2 saturated heterocycles. The molecule has 4 rings (SSSR count). The van der Waals surface area contributed by atoms with E-state index in [0.29, 0.717) is 24.6 Å². The average Bonchev–Trinajstić information content (AvgIpc) is 3.17. The van der Waals surface area contributed by atoms with Crippen molar-refractivity contribution >= 4 is 32.7 Å². The van der Waals surface area contributed by atoms with Crippen molar-refractivity contribution in [3.05, 3.63) is 71.8 Å². The molecule has 2 aliphatic rings. The highest BCUT2D eigenvalue weighted by molar-refractivity contribution is 8.15. The Morgan fingerprint density at radius 1 is 0.966 bits per heavy atom. The Labute approximate surface area is 176 Å². The predicted octanol–water partition coefficient (Wildman–Crippen LogP) is 2.96. The molecule has 29 heavy (non-hydrogen) atoms. The number of sulfone groups is 1. The molecule has 0 aromatic heterocycles. The molecule has 0 N–H and O–H groups in total. The molecule has 152 valence electrons. The lowest BCUT2D eigenvalue weighted by molar-refractivity contribution is -0.117. The molecule has 0 unspecified atom stereocenters. The van der Waals surface area contributed by atoms with Crippen LogP contribution in [-0.4, -0.2) is 53.7 Å². The van der Waals surface area contributed by atoms with Gasteiger partial charge in [0.1, 0.15) is 0 Å². The summed E-state index contributed by atoms with van der Waals surface area (Å²) in [4.78, 5) is 18.9. The number of hydrogen-bond donors (Lipinski definition) is 0. The van der Waals surface area contributed by atoms with Gasteiger partial charge in [-0.3, -0.25) is 4.79 Å². The van der Waals surface area contributed by atoms with Gasteiger partial charge in [0.2, 0.25) is 5.91 Å². The number of thioether (sulfide) groups is 1. The number of amides is 1. The molecule has 2 aromatic carbocycles. The fourth-order valence-corrected chi connectivity index (χ4v) is 7.84. The van der Waals surface area contributed by atoms with Crippen molar-refractivity contribution in [2.24, 2.45) is 4.99 Å². The van der Waals surface area contributed by atoms with E-state index in [1.807, 2.05) is 53.4 Å². The van der Waals surface area contributed by atoms with Crippen LogP contribution >= 0.6 is 11.8 Å². The number of aliphatic imine (C=N–C) groups is 1. The first-order chi connectivity index (χ1) is 14.0. The largest absolute Gasteiger partial charge is 0.346 e. The number of benzene rings is 2. The van der Waals surface area contributed by atoms with Gasteiger partial charge in [-0.2, -0.15) is 4.99 Å². The molecule has 7 heteroatoms. The second-order valence-corrected chi connectivity index (χ2v) is 10.9. The molecule has 2 fully saturated rings. The molecular weight excluding hydrogens is 404 g/mol. The second-order valence-electron chi connectivity index (χ2n) is 7.50. The molecule has 0 bridgehead atoms. The lowest BCUT2D eigenvalue weighted by Crippen LogP contribution is -2.39. The number of fused-ring (bicyclic) bond motifs is 1. The molecule has 0 aliphatic carbocycles. The standard InChI is InChI=1S/C22H24N2O3S2/c25-21(12-11-17-7-3-1-4-8-17)23-22-24(14-13-18-9-5-2-6-10-18)19-15-29(26,27)16-20(19)28-22/h1-10,19-20H,11-16H2/t19-,20+/m0/s1. The molecule has 2 heterocycles. The molecular formula is C22H24N2O3S2. The zero-order chi connectivity index (χ0) is 20.3. The topological polar surface area (TPSA) is 66.8 Å². The molecule has 2 aliphatic heterocycles. The van der Waals surface area contributed by atoms with E-state index >= 15 is 0 Å². The van der Waals surface area contributed by atoms with E-state index < -0.39 is 9.84 Å². The average molecular weight is 429 g/mol. The Hall–Kier alpha value is -2.12. The Bertz CT molecular complexity index is 991. The number of carbonyl (C=O) groups is 1. The highest BCUT2D eigenvalue weighted by Gasteiger charge is 2.48. The van der Waals surface area contributed by atoms with Gasteiger partial charge in [0, 0.05) is 18.2 Å². The van der Waals surface area contributed by atoms with Crippen LogP contribution in [0.5, 0.6) is 0 Å². The summed E-state index contributed by atoms with van der Waals surface area (Å²) in [6.45, 7) is 0.665. The summed E-state index contributed by atoms with van der Waals surface area (Å²) in [7, 11) is -3.02. The number of rotatable bonds is 6. The van der Waals surface area contributed by atoms with Gasteiger partial charge < -0.3 is 4.90 Å². The number of amidine groups is 1. The summed E-state index contributed by atoms with van der Waals surface area (Å²) in [6, 6.07) is 19.9. The predicted molar refractivity (Wildman–Crippen MR) is 118 cm³/mol. The van der Waals surface area contributed by atoms with Gasteiger partial charge in [-0.1, -0.05) is 72.4 Å². The van der Waals surface area contributed by atoms with Crippen LogP contribution in [0.3, 0.4) is 0 Å². The molecule has 2 aromatic rings. The maximum absolute atomic E-state index is 12.5. The lowest BCUT2D eigenvalue weighted by Gasteiger charge is -2.24. The Kier molecular flexibility index (Phi) is 6.06. The van der Waals surface area contributed by atoms with E-state index in [9.17, 15) is 13.2 Å². The lowest BCUT2D eigenvalue weighted by atomic mass is 10.1. The Morgan fingerprint density at radius 3 is 2.24 bits per heavy atom. The summed E-state index contributed by atoms with van der Waals surface area (Å²) < 4.78 is 24.2. The SMILES string of the molecule is O=C(CCc1ccccc1)N=C1S[C@@H]2CS(=O)(=O)C[C@@H]2N1CCc1ccccc1. The van der Waals surface area contributed by atoms with Gasteiger partial charge >= 0.3 is 0 Å². The Morgan fingerprint density at radius 2 is 1.59 bits per heavy atom. The first kappa shape index (κ1) is 20.2. The van der Waals surface area contributed by atoms with Crippen molar-refractivity contribution in [1.29, 1.82) is 0 Å². The zero-order valence-electron chi connectivity index (χ0n) is 16.1. The normalized spacial score (nSPS) is 24.0. The zero-order valence-corrected chi connectivity index (χ0v) is 17.7. The van der Waals surface area contributed by atoms with Crippen LogP contribution in [0.15, 0.2) is 65.7 Å². The van der Waals surface area contributed by atoms with Gasteiger partial charge in [0.05, 0.1) is 17.5 Å². The fraction of sp³-hybridized carbons (Fsp3) is 0.364. The highest BCUT2D eigenvalue weighted by atomic mass is 32.2. The highest BCUT2D eigenvalue weighted by Crippen LogP contribution is 2.38. The monoisotopic (exact) mass is 428 g/mol. The van der Waals surface area contributed by atoms with Gasteiger partial charge in [0.25, 0.3) is 0 Å². The van der Waals surface area contributed by atoms with Crippen LogP contribution in [0.1, 0.15) is 17.5 Å². The maximum Gasteiger partial charge on any atom is 0.248 e. The van der Waals surface area contributed by atoms with Gasteiger partial charge in [-0.15, -0.1) is 0 Å². The minimum atomic E-state index is -3.02. The molecule has 0 spiro atoms. The van der Waals surface area contributed by atoms with E-state index in [1.165, 1.54) is 17.3 Å². The summed E-state index contributed by atoms with van der Waals surface area (Å²) in [5, 5.41) is 0.653. The van der Waals surface area contributed by atoms with Crippen molar-refractivity contribution in [2.75, 3.05) is 18.1 Å². The van der Waals surface area contributed by atoms with Crippen molar-refractivity contribution in [3.8, 4) is 0 Å². The molecule has 1 amide bonds. The van der Waals surface area contributed by atoms with Crippen LogP contribution in [0.2, 0.25) is 0 Å². The van der Waals surface area contributed by atoms with E-state index in [0.717, 1.165) is 12.0 Å². The third-order valence-corrected chi connectivity index (χ3v) is 8.60. The quantitative estimate of drug-likeness (QED) is 0.708. The number of hydrogen-bond acceptors (Lipinski definition) is 4. The van der Waals surface area contributed by atoms with Crippen molar-refractivity contribution < 1.29 is 13.2 Å². The summed E-state index contributed by atoms with van der Waals surface area (Å²) >= 11 is 1.45. The third-order valence-electron chi connectivity index (χ3n) is 5.35. The van der Waals surface area contributed by atoms with Crippen LogP contribution < -0.4 is 0 Å². The van der Waals surface area contributed by atoms with Crippen LogP contribution in [0.25, 0.3) is 0 Å². The van der Waals surface area contributed by atoms with Crippen molar-refractivity contribution in [3.63, 3.8) is 0 Å². The summed E-state index contributed by atoms with van der Waals surface area (Å²) in [5.41, 5.74) is 2.31. The first-order valence-corrected chi connectivity index (χ1v) is 12.5. The van der Waals surface area contributed by atoms with Crippen LogP contribution in [-0.2, 0) is 27.5 Å². The fourth-order valence-electron chi connectivity index (χ4n) is 3.85. The Balaban J connectivity index is 1.46.